The highest BCUT2D eigenvalue weighted by Gasteiger charge is 2.22. The molecule has 5 heteroatoms. The van der Waals surface area contributed by atoms with Crippen LogP contribution in [0.4, 0.5) is 0 Å². The molecule has 0 saturated heterocycles. The van der Waals surface area contributed by atoms with Gasteiger partial charge in [0.25, 0.3) is 0 Å². The summed E-state index contributed by atoms with van der Waals surface area (Å²) in [6, 6.07) is 4.44. The molecule has 1 rings (SSSR count). The first-order valence-electron chi connectivity index (χ1n) is 4.79. The summed E-state index contributed by atoms with van der Waals surface area (Å²) in [6.07, 6.45) is 0. The first-order chi connectivity index (χ1) is 7.47. The van der Waals surface area contributed by atoms with Crippen LogP contribution in [0.5, 0.6) is 5.75 Å². The number of nitrogens with two attached hydrogens (primary N) is 1. The minimum absolute atomic E-state index is 0.424. The highest BCUT2D eigenvalue weighted by Crippen LogP contribution is 2.29. The van der Waals surface area contributed by atoms with Gasteiger partial charge in [-0.3, -0.25) is 4.79 Å². The first-order valence-corrected chi connectivity index (χ1v) is 5.17. The molecule has 0 bridgehead atoms. The van der Waals surface area contributed by atoms with E-state index < -0.39 is 17.9 Å². The van der Waals surface area contributed by atoms with Crippen molar-refractivity contribution >= 4 is 17.6 Å². The number of rotatable bonds is 4. The number of halogens is 1. The molecule has 0 fully saturated rings. The lowest BCUT2D eigenvalue weighted by Crippen LogP contribution is -2.25. The van der Waals surface area contributed by atoms with Gasteiger partial charge in [-0.1, -0.05) is 24.6 Å². The molecule has 0 saturated carbocycles. The minimum atomic E-state index is -0.931. The zero-order valence-corrected chi connectivity index (χ0v) is 9.86. The number of benzene rings is 1. The largest absolute Gasteiger partial charge is 0.495 e. The van der Waals surface area contributed by atoms with Crippen molar-refractivity contribution in [3.8, 4) is 5.75 Å². The van der Waals surface area contributed by atoms with Gasteiger partial charge >= 0.3 is 5.97 Å². The van der Waals surface area contributed by atoms with Crippen LogP contribution < -0.4 is 10.5 Å². The summed E-state index contributed by atoms with van der Waals surface area (Å²) in [6.45, 7) is 1.56. The zero-order chi connectivity index (χ0) is 12.3. The zero-order valence-electron chi connectivity index (χ0n) is 9.11. The van der Waals surface area contributed by atoms with Crippen molar-refractivity contribution in [3.63, 3.8) is 0 Å². The van der Waals surface area contributed by atoms with E-state index in [2.05, 4.69) is 0 Å². The summed E-state index contributed by atoms with van der Waals surface area (Å²) in [5.74, 6) is -1.05. The first kappa shape index (κ1) is 12.8. The Morgan fingerprint density at radius 3 is 2.62 bits per heavy atom. The van der Waals surface area contributed by atoms with Crippen LogP contribution in [0.25, 0.3) is 0 Å². The Morgan fingerprint density at radius 1 is 1.56 bits per heavy atom. The van der Waals surface area contributed by atoms with Gasteiger partial charge in [-0.15, -0.1) is 0 Å². The van der Waals surface area contributed by atoms with Crippen LogP contribution in [-0.2, 0) is 4.79 Å². The third-order valence-electron chi connectivity index (χ3n) is 2.49. The van der Waals surface area contributed by atoms with E-state index in [9.17, 15) is 4.79 Å². The van der Waals surface area contributed by atoms with E-state index in [1.54, 1.807) is 25.1 Å². The quantitative estimate of drug-likeness (QED) is 0.849. The normalized spacial score (nSPS) is 14.2. The van der Waals surface area contributed by atoms with Crippen LogP contribution in [0, 0.1) is 5.92 Å². The van der Waals surface area contributed by atoms with E-state index in [0.717, 1.165) is 0 Å². The van der Waals surface area contributed by atoms with Gasteiger partial charge in [-0.2, -0.15) is 0 Å². The fourth-order valence-corrected chi connectivity index (χ4v) is 1.60. The Labute approximate surface area is 99.0 Å². The third-order valence-corrected chi connectivity index (χ3v) is 2.78. The van der Waals surface area contributed by atoms with Gasteiger partial charge in [0.2, 0.25) is 0 Å². The lowest BCUT2D eigenvalue weighted by Gasteiger charge is -2.17. The van der Waals surface area contributed by atoms with Crippen LogP contribution in [0.2, 0.25) is 5.02 Å². The maximum Gasteiger partial charge on any atom is 0.308 e. The van der Waals surface area contributed by atoms with Crippen LogP contribution in [0.3, 0.4) is 0 Å². The van der Waals surface area contributed by atoms with E-state index in [1.165, 1.54) is 7.11 Å². The molecule has 2 atom stereocenters. The Bertz CT molecular complexity index is 395. The second-order valence-electron chi connectivity index (χ2n) is 3.55. The van der Waals surface area contributed by atoms with Gasteiger partial charge in [-0.05, 0) is 17.7 Å². The third kappa shape index (κ3) is 2.65. The maximum atomic E-state index is 10.8. The summed E-state index contributed by atoms with van der Waals surface area (Å²) in [5.41, 5.74) is 6.50. The van der Waals surface area contributed by atoms with Crippen LogP contribution in [-0.4, -0.2) is 18.2 Å². The molecular weight excluding hydrogens is 230 g/mol. The van der Waals surface area contributed by atoms with Crippen molar-refractivity contribution < 1.29 is 14.6 Å². The fraction of sp³-hybridized carbons (Fsp3) is 0.364. The SMILES string of the molecule is COc1ccc(C(N)C(C)C(=O)O)cc1Cl. The lowest BCUT2D eigenvalue weighted by atomic mass is 9.95. The summed E-state index contributed by atoms with van der Waals surface area (Å²) in [5, 5.41) is 9.27. The summed E-state index contributed by atoms with van der Waals surface area (Å²) < 4.78 is 5.00. The predicted molar refractivity (Wildman–Crippen MR) is 61.7 cm³/mol. The van der Waals surface area contributed by atoms with Crippen molar-refractivity contribution in [1.29, 1.82) is 0 Å². The molecule has 1 aromatic carbocycles. The van der Waals surface area contributed by atoms with Gasteiger partial charge in [0.15, 0.2) is 0 Å². The van der Waals surface area contributed by atoms with E-state index in [4.69, 9.17) is 27.2 Å². The molecule has 0 radical (unpaired) electrons. The molecule has 0 aromatic heterocycles. The molecule has 16 heavy (non-hydrogen) atoms. The van der Waals surface area contributed by atoms with Gasteiger partial charge < -0.3 is 15.6 Å². The monoisotopic (exact) mass is 243 g/mol. The van der Waals surface area contributed by atoms with Crippen LogP contribution >= 0.6 is 11.6 Å². The average molecular weight is 244 g/mol. The van der Waals surface area contributed by atoms with E-state index in [-0.39, 0.29) is 0 Å². The number of carbonyl (C=O) groups is 1. The molecule has 0 amide bonds. The molecule has 4 nitrogen and oxygen atoms in total. The van der Waals surface area contributed by atoms with Crippen LogP contribution in [0.15, 0.2) is 18.2 Å². The number of ether oxygens (including phenoxy) is 1. The molecule has 1 aromatic rings. The second-order valence-corrected chi connectivity index (χ2v) is 3.95. The van der Waals surface area contributed by atoms with E-state index >= 15 is 0 Å². The smallest absolute Gasteiger partial charge is 0.308 e. The van der Waals surface area contributed by atoms with Gasteiger partial charge in [0.1, 0.15) is 5.75 Å². The van der Waals surface area contributed by atoms with E-state index in [0.29, 0.717) is 16.3 Å². The van der Waals surface area contributed by atoms with Crippen LogP contribution in [0.1, 0.15) is 18.5 Å². The number of methoxy groups -OCH3 is 1. The molecule has 3 N–H and O–H groups in total. The summed E-state index contributed by atoms with van der Waals surface area (Å²) in [7, 11) is 1.51. The second kappa shape index (κ2) is 5.18. The standard InChI is InChI=1S/C11H14ClNO3/c1-6(11(14)15)10(13)7-3-4-9(16-2)8(12)5-7/h3-6,10H,13H2,1-2H3,(H,14,15). The predicted octanol–water partition coefficient (Wildman–Crippen LogP) is 2.07. The van der Waals surface area contributed by atoms with Gasteiger partial charge in [0, 0.05) is 6.04 Å². The van der Waals surface area contributed by atoms with Crippen molar-refractivity contribution in [2.45, 2.75) is 13.0 Å². The number of hydrogen-bond donors (Lipinski definition) is 2. The minimum Gasteiger partial charge on any atom is -0.495 e. The van der Waals surface area contributed by atoms with Gasteiger partial charge in [-0.25, -0.2) is 0 Å². The molecular formula is C11H14ClNO3. The topological polar surface area (TPSA) is 72.5 Å². The molecule has 0 spiro atoms. The Morgan fingerprint density at radius 2 is 2.19 bits per heavy atom. The number of carboxylic acids is 1. The van der Waals surface area contributed by atoms with E-state index in [1.807, 2.05) is 0 Å². The molecule has 0 aliphatic heterocycles. The Hall–Kier alpha value is -1.26. The number of aliphatic carboxylic acids is 1. The Kier molecular flexibility index (Phi) is 4.15. The molecule has 2 unspecified atom stereocenters. The van der Waals surface area contributed by atoms with Gasteiger partial charge in [0.05, 0.1) is 18.1 Å². The van der Waals surface area contributed by atoms with Crippen molar-refractivity contribution in [2.24, 2.45) is 11.7 Å². The number of hydrogen-bond acceptors (Lipinski definition) is 3. The molecule has 0 heterocycles. The summed E-state index contributed by atoms with van der Waals surface area (Å²) >= 11 is 5.93. The Balaban J connectivity index is 2.97. The van der Waals surface area contributed by atoms with Crippen molar-refractivity contribution in [1.82, 2.24) is 0 Å². The van der Waals surface area contributed by atoms with Crippen molar-refractivity contribution in [3.05, 3.63) is 28.8 Å². The highest BCUT2D eigenvalue weighted by atomic mass is 35.5. The lowest BCUT2D eigenvalue weighted by molar-refractivity contribution is -0.141. The average Bonchev–Trinajstić information content (AvgIpc) is 2.26. The molecule has 0 aliphatic rings. The maximum absolute atomic E-state index is 10.8. The fourth-order valence-electron chi connectivity index (χ4n) is 1.33. The van der Waals surface area contributed by atoms with Crippen molar-refractivity contribution in [2.75, 3.05) is 7.11 Å². The highest BCUT2D eigenvalue weighted by molar-refractivity contribution is 6.32. The number of carboxylic acid groups (broad SMARTS) is 1. The summed E-state index contributed by atoms with van der Waals surface area (Å²) in [4.78, 5) is 10.8. The molecule has 0 aliphatic carbocycles. The molecule has 88 valence electrons.